The third-order valence-corrected chi connectivity index (χ3v) is 6.73. The second-order valence-electron chi connectivity index (χ2n) is 6.92. The summed E-state index contributed by atoms with van der Waals surface area (Å²) in [5.74, 6) is 0. The average Bonchev–Trinajstić information content (AvgIpc) is 3.21. The molecular formula is C19H21N3S. The fourth-order valence-electron chi connectivity index (χ4n) is 4.67. The van der Waals surface area contributed by atoms with Gasteiger partial charge in [-0.25, -0.2) is 4.98 Å². The minimum atomic E-state index is 0.165. The molecule has 3 heterocycles. The van der Waals surface area contributed by atoms with Gasteiger partial charge < -0.3 is 4.90 Å². The van der Waals surface area contributed by atoms with E-state index in [4.69, 9.17) is 0 Å². The van der Waals surface area contributed by atoms with E-state index in [0.29, 0.717) is 0 Å². The molecule has 4 heteroatoms. The number of thiazole rings is 1. The van der Waals surface area contributed by atoms with Gasteiger partial charge in [0.05, 0.1) is 17.8 Å². The summed E-state index contributed by atoms with van der Waals surface area (Å²) < 4.78 is 2.36. The molecule has 3 aromatic rings. The first kappa shape index (κ1) is 13.6. The molecule has 2 aliphatic rings. The molecule has 0 radical (unpaired) electrons. The number of para-hydroxylation sites is 1. The third kappa shape index (κ3) is 1.78. The SMILES string of the molecule is Cc1ccccc1N1Cc2sc3nccn3c2C12CCCCC2. The highest BCUT2D eigenvalue weighted by Gasteiger charge is 2.49. The van der Waals surface area contributed by atoms with Crippen molar-refractivity contribution in [2.75, 3.05) is 4.90 Å². The van der Waals surface area contributed by atoms with E-state index in [2.05, 4.69) is 51.7 Å². The van der Waals surface area contributed by atoms with Gasteiger partial charge in [-0.2, -0.15) is 0 Å². The van der Waals surface area contributed by atoms with E-state index >= 15 is 0 Å². The van der Waals surface area contributed by atoms with Crippen LogP contribution in [0.5, 0.6) is 0 Å². The number of hydrogen-bond donors (Lipinski definition) is 0. The van der Waals surface area contributed by atoms with Crippen molar-refractivity contribution in [1.29, 1.82) is 0 Å². The standard InChI is InChI=1S/C19H21N3S/c1-14-7-3-4-8-15(14)22-13-16-17(19(22)9-5-2-6-10-19)21-12-11-20-18(21)23-16/h3-4,7-8,11-12H,2,5-6,9-10,13H2,1H3. The smallest absolute Gasteiger partial charge is 0.194 e. The van der Waals surface area contributed by atoms with Crippen molar-refractivity contribution in [3.05, 3.63) is 52.8 Å². The van der Waals surface area contributed by atoms with Crippen LogP contribution in [0.3, 0.4) is 0 Å². The lowest BCUT2D eigenvalue weighted by Gasteiger charge is -2.44. The number of fused-ring (bicyclic) bond motifs is 4. The molecule has 1 aromatic carbocycles. The van der Waals surface area contributed by atoms with E-state index in [1.165, 1.54) is 53.9 Å². The third-order valence-electron chi connectivity index (χ3n) is 5.67. The molecule has 2 aromatic heterocycles. The molecule has 1 fully saturated rings. The van der Waals surface area contributed by atoms with E-state index in [0.717, 1.165) is 11.5 Å². The molecule has 0 amide bonds. The summed E-state index contributed by atoms with van der Waals surface area (Å²) in [4.78, 5) is 9.90. The molecule has 0 N–H and O–H groups in total. The Morgan fingerprint density at radius 1 is 1.13 bits per heavy atom. The van der Waals surface area contributed by atoms with Crippen LogP contribution >= 0.6 is 11.3 Å². The molecular weight excluding hydrogens is 302 g/mol. The predicted molar refractivity (Wildman–Crippen MR) is 95.2 cm³/mol. The zero-order valence-electron chi connectivity index (χ0n) is 13.5. The van der Waals surface area contributed by atoms with Crippen LogP contribution in [0.1, 0.15) is 48.2 Å². The minimum absolute atomic E-state index is 0.165. The summed E-state index contributed by atoms with van der Waals surface area (Å²) in [7, 11) is 0. The first-order valence-electron chi connectivity index (χ1n) is 8.58. The van der Waals surface area contributed by atoms with Crippen molar-refractivity contribution in [3.8, 4) is 0 Å². The lowest BCUT2D eigenvalue weighted by Crippen LogP contribution is -2.44. The number of imidazole rings is 1. The van der Waals surface area contributed by atoms with Gasteiger partial charge in [-0.1, -0.05) is 48.8 Å². The Bertz CT molecular complexity index is 870. The van der Waals surface area contributed by atoms with Crippen LogP contribution in [-0.4, -0.2) is 9.38 Å². The monoisotopic (exact) mass is 323 g/mol. The Morgan fingerprint density at radius 3 is 2.78 bits per heavy atom. The molecule has 0 bridgehead atoms. The van der Waals surface area contributed by atoms with E-state index in [-0.39, 0.29) is 5.54 Å². The van der Waals surface area contributed by atoms with E-state index in [1.54, 1.807) is 0 Å². The molecule has 5 rings (SSSR count). The van der Waals surface area contributed by atoms with Crippen molar-refractivity contribution in [2.24, 2.45) is 0 Å². The summed E-state index contributed by atoms with van der Waals surface area (Å²) in [5, 5.41) is 0. The molecule has 1 spiro atoms. The van der Waals surface area contributed by atoms with E-state index in [1.807, 2.05) is 17.5 Å². The van der Waals surface area contributed by atoms with Gasteiger partial charge in [0.2, 0.25) is 0 Å². The minimum Gasteiger partial charge on any atom is -0.355 e. The van der Waals surface area contributed by atoms with Gasteiger partial charge in [0.15, 0.2) is 4.96 Å². The van der Waals surface area contributed by atoms with Crippen LogP contribution in [0.4, 0.5) is 5.69 Å². The van der Waals surface area contributed by atoms with E-state index < -0.39 is 0 Å². The average molecular weight is 323 g/mol. The van der Waals surface area contributed by atoms with Crippen molar-refractivity contribution < 1.29 is 0 Å². The van der Waals surface area contributed by atoms with E-state index in [9.17, 15) is 0 Å². The maximum absolute atomic E-state index is 4.54. The maximum Gasteiger partial charge on any atom is 0.194 e. The normalized spacial score (nSPS) is 19.6. The first-order chi connectivity index (χ1) is 11.3. The van der Waals surface area contributed by atoms with Gasteiger partial charge in [0, 0.05) is 23.0 Å². The van der Waals surface area contributed by atoms with Gasteiger partial charge in [-0.05, 0) is 31.4 Å². The molecule has 0 atom stereocenters. The van der Waals surface area contributed by atoms with Gasteiger partial charge in [-0.15, -0.1) is 0 Å². The van der Waals surface area contributed by atoms with Gasteiger partial charge >= 0.3 is 0 Å². The number of hydrogen-bond acceptors (Lipinski definition) is 3. The lowest BCUT2D eigenvalue weighted by molar-refractivity contribution is 0.285. The summed E-state index contributed by atoms with van der Waals surface area (Å²) >= 11 is 1.88. The molecule has 118 valence electrons. The van der Waals surface area contributed by atoms with Crippen LogP contribution < -0.4 is 4.90 Å². The number of benzene rings is 1. The molecule has 1 aliphatic carbocycles. The number of aryl methyl sites for hydroxylation is 1. The Balaban J connectivity index is 1.73. The predicted octanol–water partition coefficient (Wildman–Crippen LogP) is 4.88. The number of nitrogens with zero attached hydrogens (tertiary/aromatic N) is 3. The van der Waals surface area contributed by atoms with Crippen LogP contribution in [0.25, 0.3) is 4.96 Å². The van der Waals surface area contributed by atoms with Gasteiger partial charge in [0.25, 0.3) is 0 Å². The molecule has 23 heavy (non-hydrogen) atoms. The highest BCUT2D eigenvalue weighted by Crippen LogP contribution is 2.53. The Hall–Kier alpha value is -1.81. The van der Waals surface area contributed by atoms with Crippen LogP contribution in [0.2, 0.25) is 0 Å². The largest absolute Gasteiger partial charge is 0.355 e. The zero-order valence-corrected chi connectivity index (χ0v) is 14.3. The van der Waals surface area contributed by atoms with Crippen molar-refractivity contribution in [1.82, 2.24) is 9.38 Å². The lowest BCUT2D eigenvalue weighted by atomic mass is 9.79. The molecule has 3 nitrogen and oxygen atoms in total. The Labute approximate surface area is 140 Å². The molecule has 0 saturated heterocycles. The summed E-state index contributed by atoms with van der Waals surface area (Å²) in [6.45, 7) is 3.28. The molecule has 0 unspecified atom stereocenters. The van der Waals surface area contributed by atoms with Crippen LogP contribution in [0.15, 0.2) is 36.7 Å². The zero-order chi connectivity index (χ0) is 15.4. The Kier molecular flexibility index (Phi) is 2.87. The highest BCUT2D eigenvalue weighted by molar-refractivity contribution is 7.17. The van der Waals surface area contributed by atoms with Crippen LogP contribution in [-0.2, 0) is 12.1 Å². The quantitative estimate of drug-likeness (QED) is 0.636. The number of rotatable bonds is 1. The van der Waals surface area contributed by atoms with Crippen molar-refractivity contribution >= 4 is 22.0 Å². The van der Waals surface area contributed by atoms with Crippen molar-refractivity contribution in [3.63, 3.8) is 0 Å². The number of aromatic nitrogens is 2. The van der Waals surface area contributed by atoms with Crippen molar-refractivity contribution in [2.45, 2.75) is 51.1 Å². The first-order valence-corrected chi connectivity index (χ1v) is 9.40. The Morgan fingerprint density at radius 2 is 1.96 bits per heavy atom. The second kappa shape index (κ2) is 4.84. The fourth-order valence-corrected chi connectivity index (χ4v) is 5.83. The highest BCUT2D eigenvalue weighted by atomic mass is 32.1. The maximum atomic E-state index is 4.54. The fraction of sp³-hybridized carbons (Fsp3) is 0.421. The van der Waals surface area contributed by atoms with Gasteiger partial charge in [-0.3, -0.25) is 4.40 Å². The summed E-state index contributed by atoms with van der Waals surface area (Å²) in [6, 6.07) is 8.86. The molecule has 1 saturated carbocycles. The topological polar surface area (TPSA) is 20.5 Å². The van der Waals surface area contributed by atoms with Gasteiger partial charge in [0.1, 0.15) is 0 Å². The summed E-state index contributed by atoms with van der Waals surface area (Å²) in [6.07, 6.45) is 10.6. The second-order valence-corrected chi connectivity index (χ2v) is 7.98. The molecule has 1 aliphatic heterocycles. The number of anilines is 1. The summed E-state index contributed by atoms with van der Waals surface area (Å²) in [5.41, 5.74) is 4.48. The van der Waals surface area contributed by atoms with Crippen LogP contribution in [0, 0.1) is 6.92 Å².